The number of benzene rings is 3. The molecule has 0 saturated heterocycles. The van der Waals surface area contributed by atoms with Gasteiger partial charge in [0, 0.05) is 31.6 Å². The summed E-state index contributed by atoms with van der Waals surface area (Å²) >= 11 is 0. The van der Waals surface area contributed by atoms with Gasteiger partial charge in [-0.3, -0.25) is 4.79 Å². The topological polar surface area (TPSA) is 107 Å². The molecule has 7 nitrogen and oxygen atoms in total. The molecule has 4 rings (SSSR count). The first-order valence-electron chi connectivity index (χ1n) is 14.4. The fourth-order valence-electron chi connectivity index (χ4n) is 5.82. The lowest BCUT2D eigenvalue weighted by Crippen LogP contribution is -2.48. The van der Waals surface area contributed by atoms with Gasteiger partial charge in [0.2, 0.25) is 10.0 Å². The number of hydrogen-bond donors (Lipinski definition) is 3. The van der Waals surface area contributed by atoms with Crippen molar-refractivity contribution in [1.29, 1.82) is 0 Å². The van der Waals surface area contributed by atoms with Gasteiger partial charge < -0.3 is 15.5 Å². The molecule has 8 heteroatoms. The van der Waals surface area contributed by atoms with E-state index < -0.39 is 22.1 Å². The molecule has 220 valence electrons. The number of sulfonamides is 1. The molecule has 0 radical (unpaired) electrons. The van der Waals surface area contributed by atoms with E-state index in [1.165, 1.54) is 15.4 Å². The molecular weight excluding hydrogens is 536 g/mol. The number of carboxylic acids is 1. The molecule has 41 heavy (non-hydrogen) atoms. The van der Waals surface area contributed by atoms with Crippen LogP contribution in [0.15, 0.2) is 77.7 Å². The molecule has 0 aliphatic heterocycles. The van der Waals surface area contributed by atoms with Crippen molar-refractivity contribution >= 4 is 16.0 Å². The predicted molar refractivity (Wildman–Crippen MR) is 162 cm³/mol. The van der Waals surface area contributed by atoms with Crippen LogP contribution >= 0.6 is 0 Å². The summed E-state index contributed by atoms with van der Waals surface area (Å²) in [5.74, 6) is -0.311. The third-order valence-electron chi connectivity index (χ3n) is 7.88. The molecule has 1 aliphatic rings. The van der Waals surface area contributed by atoms with Crippen molar-refractivity contribution in [3.05, 3.63) is 89.5 Å². The van der Waals surface area contributed by atoms with Gasteiger partial charge in [-0.15, -0.1) is 0 Å². The van der Waals surface area contributed by atoms with Crippen molar-refractivity contribution in [2.45, 2.75) is 69.4 Å². The lowest BCUT2D eigenvalue weighted by atomic mass is 9.88. The molecule has 0 heterocycles. The van der Waals surface area contributed by atoms with Gasteiger partial charge in [-0.25, -0.2) is 8.42 Å². The third-order valence-corrected chi connectivity index (χ3v) is 9.81. The van der Waals surface area contributed by atoms with Crippen LogP contribution in [0.3, 0.4) is 0 Å². The van der Waals surface area contributed by atoms with Crippen LogP contribution in [0.4, 0.5) is 0 Å². The second-order valence-electron chi connectivity index (χ2n) is 11.7. The van der Waals surface area contributed by atoms with E-state index in [1.54, 1.807) is 25.1 Å². The Morgan fingerprint density at radius 1 is 1.00 bits per heavy atom. The summed E-state index contributed by atoms with van der Waals surface area (Å²) < 4.78 is 28.5. The van der Waals surface area contributed by atoms with Crippen molar-refractivity contribution in [3.8, 4) is 11.1 Å². The molecule has 0 amide bonds. The van der Waals surface area contributed by atoms with Crippen LogP contribution < -0.4 is 5.32 Å². The monoisotopic (exact) mass is 578 g/mol. The minimum atomic E-state index is -3.84. The maximum Gasteiger partial charge on any atom is 0.303 e. The largest absolute Gasteiger partial charge is 0.481 e. The summed E-state index contributed by atoms with van der Waals surface area (Å²) in [7, 11) is -3.84. The van der Waals surface area contributed by atoms with E-state index in [0.29, 0.717) is 18.9 Å². The number of fused-ring (bicyclic) bond motifs is 1. The number of aliphatic hydroxyl groups is 1. The lowest BCUT2D eigenvalue weighted by molar-refractivity contribution is -0.136. The summed E-state index contributed by atoms with van der Waals surface area (Å²) in [6, 6.07) is 22.9. The van der Waals surface area contributed by atoms with Crippen molar-refractivity contribution in [1.82, 2.24) is 9.62 Å². The van der Waals surface area contributed by atoms with E-state index >= 15 is 0 Å². The Bertz CT molecular complexity index is 1430. The highest BCUT2D eigenvalue weighted by atomic mass is 32.2. The Morgan fingerprint density at radius 2 is 1.63 bits per heavy atom. The number of aliphatic hydroxyl groups excluding tert-OH is 1. The van der Waals surface area contributed by atoms with Gasteiger partial charge in [0.15, 0.2) is 0 Å². The Hall–Kier alpha value is -3.04. The average molecular weight is 579 g/mol. The van der Waals surface area contributed by atoms with E-state index in [1.807, 2.05) is 30.3 Å². The third kappa shape index (κ3) is 8.26. The fraction of sp³-hybridized carbons (Fsp3) is 0.424. The van der Waals surface area contributed by atoms with Crippen LogP contribution in [-0.4, -0.2) is 60.2 Å². The van der Waals surface area contributed by atoms with Gasteiger partial charge in [-0.05, 0) is 85.4 Å². The average Bonchev–Trinajstić information content (AvgIpc) is 3.35. The molecule has 3 aromatic rings. The lowest BCUT2D eigenvalue weighted by Gasteiger charge is -2.31. The zero-order valence-electron chi connectivity index (χ0n) is 24.2. The van der Waals surface area contributed by atoms with Gasteiger partial charge >= 0.3 is 5.97 Å². The minimum absolute atomic E-state index is 0.00825. The number of likely N-dealkylation sites (N-methyl/N-ethyl adjacent to an activating group) is 1. The standard InChI is InChI=1S/C33H42N2O5S/c1-4-35(23-30(36)22-34-33(2,3)21-25-18-26-10-5-6-11-27(26)19-25)41(39,40)31-14-8-13-29(20-31)28-12-7-9-24(17-28)15-16-32(37)38/h5-14,17,20,25,30,34,36H,4,15-16,18-19,21-23H2,1-3H3,(H,37,38). The Kier molecular flexibility index (Phi) is 10.0. The Morgan fingerprint density at radius 3 is 2.27 bits per heavy atom. The summed E-state index contributed by atoms with van der Waals surface area (Å²) in [6.07, 6.45) is 2.68. The number of nitrogens with zero attached hydrogens (tertiary/aromatic N) is 1. The number of rotatable bonds is 14. The van der Waals surface area contributed by atoms with Crippen LogP contribution in [0.2, 0.25) is 0 Å². The molecule has 0 bridgehead atoms. The molecule has 1 unspecified atom stereocenters. The number of hydrogen-bond acceptors (Lipinski definition) is 5. The van der Waals surface area contributed by atoms with Gasteiger partial charge in [-0.2, -0.15) is 4.31 Å². The number of carboxylic acid groups (broad SMARTS) is 1. The van der Waals surface area contributed by atoms with E-state index in [4.69, 9.17) is 5.11 Å². The number of carbonyl (C=O) groups is 1. The van der Waals surface area contributed by atoms with E-state index in [9.17, 15) is 18.3 Å². The predicted octanol–water partition coefficient (Wildman–Crippen LogP) is 4.92. The van der Waals surface area contributed by atoms with Gasteiger partial charge in [-0.1, -0.05) is 67.6 Å². The zero-order chi connectivity index (χ0) is 29.6. The van der Waals surface area contributed by atoms with Gasteiger partial charge in [0.05, 0.1) is 11.0 Å². The number of nitrogens with one attached hydrogen (secondary N) is 1. The normalized spacial score (nSPS) is 14.8. The molecule has 0 aromatic heterocycles. The molecule has 1 aliphatic carbocycles. The minimum Gasteiger partial charge on any atom is -0.481 e. The first kappa shape index (κ1) is 30.9. The van der Waals surface area contributed by atoms with Crippen LogP contribution in [0.25, 0.3) is 11.1 Å². The molecule has 3 N–H and O–H groups in total. The molecule has 3 aromatic carbocycles. The van der Waals surface area contributed by atoms with Crippen molar-refractivity contribution in [2.75, 3.05) is 19.6 Å². The van der Waals surface area contributed by atoms with Crippen molar-refractivity contribution in [2.24, 2.45) is 5.92 Å². The van der Waals surface area contributed by atoms with Crippen LogP contribution in [0.5, 0.6) is 0 Å². The summed E-state index contributed by atoms with van der Waals surface area (Å²) in [5, 5.41) is 23.3. The second kappa shape index (κ2) is 13.3. The number of β-amino-alcohol motifs (C(OH)–C–C–N with tert-alkyl or cyclic N) is 1. The number of aryl methyl sites for hydroxylation is 1. The summed E-state index contributed by atoms with van der Waals surface area (Å²) in [5.41, 5.74) is 5.09. The highest BCUT2D eigenvalue weighted by molar-refractivity contribution is 7.89. The molecule has 1 atom stereocenters. The van der Waals surface area contributed by atoms with E-state index in [2.05, 4.69) is 43.4 Å². The Labute approximate surface area is 244 Å². The van der Waals surface area contributed by atoms with Crippen LogP contribution in [0.1, 0.15) is 50.3 Å². The van der Waals surface area contributed by atoms with E-state index in [0.717, 1.165) is 36.0 Å². The first-order valence-corrected chi connectivity index (χ1v) is 15.8. The van der Waals surface area contributed by atoms with E-state index in [-0.39, 0.29) is 29.9 Å². The van der Waals surface area contributed by atoms with Gasteiger partial charge in [0.1, 0.15) is 0 Å². The zero-order valence-corrected chi connectivity index (χ0v) is 25.0. The quantitative estimate of drug-likeness (QED) is 0.251. The molecule has 0 fully saturated rings. The Balaban J connectivity index is 1.37. The molecule has 0 spiro atoms. The summed E-state index contributed by atoms with van der Waals surface area (Å²) in [4.78, 5) is 11.1. The first-order chi connectivity index (χ1) is 19.5. The molecular formula is C33H42N2O5S. The fourth-order valence-corrected chi connectivity index (χ4v) is 7.35. The van der Waals surface area contributed by atoms with Gasteiger partial charge in [0.25, 0.3) is 0 Å². The highest BCUT2D eigenvalue weighted by Crippen LogP contribution is 2.32. The van der Waals surface area contributed by atoms with Crippen molar-refractivity contribution < 1.29 is 23.4 Å². The highest BCUT2D eigenvalue weighted by Gasteiger charge is 2.30. The van der Waals surface area contributed by atoms with Crippen molar-refractivity contribution in [3.63, 3.8) is 0 Å². The maximum atomic E-state index is 13.6. The molecule has 0 saturated carbocycles. The summed E-state index contributed by atoms with van der Waals surface area (Å²) in [6.45, 7) is 6.57. The maximum absolute atomic E-state index is 13.6. The SMILES string of the molecule is CCN(CC(O)CNC(C)(C)CC1Cc2ccccc2C1)S(=O)(=O)c1cccc(-c2cccc(CCC(=O)O)c2)c1. The smallest absolute Gasteiger partial charge is 0.303 e. The van der Waals surface area contributed by atoms with Crippen LogP contribution in [-0.2, 0) is 34.1 Å². The number of aliphatic carboxylic acids is 1. The second-order valence-corrected chi connectivity index (χ2v) is 13.7. The van der Waals surface area contributed by atoms with Crippen LogP contribution in [0, 0.1) is 5.92 Å².